The normalized spacial score (nSPS) is 13.1. The molecule has 0 saturated carbocycles. The molecule has 0 saturated heterocycles. The van der Waals surface area contributed by atoms with Crippen LogP contribution in [0.1, 0.15) is 52.5 Å². The van der Waals surface area contributed by atoms with Crippen molar-refractivity contribution < 1.29 is 4.92 Å². The van der Waals surface area contributed by atoms with Gasteiger partial charge in [-0.25, -0.2) is 0 Å². The summed E-state index contributed by atoms with van der Waals surface area (Å²) in [7, 11) is 0. The second kappa shape index (κ2) is 8.13. The summed E-state index contributed by atoms with van der Waals surface area (Å²) in [5, 5.41) is 14.6. The van der Waals surface area contributed by atoms with Crippen LogP contribution in [0.3, 0.4) is 0 Å². The van der Waals surface area contributed by atoms with Crippen LogP contribution in [0.15, 0.2) is 24.3 Å². The second-order valence-electron chi connectivity index (χ2n) is 6.65. The molecule has 0 fully saturated rings. The van der Waals surface area contributed by atoms with Crippen molar-refractivity contribution >= 4 is 5.69 Å². The van der Waals surface area contributed by atoms with Gasteiger partial charge in [-0.1, -0.05) is 45.9 Å². The molecule has 0 spiro atoms. The lowest BCUT2D eigenvalue weighted by atomic mass is 9.83. The summed E-state index contributed by atoms with van der Waals surface area (Å²) in [5.41, 5.74) is 1.29. The molecule has 1 rings (SSSR count). The zero-order chi connectivity index (χ0) is 15.9. The van der Waals surface area contributed by atoms with Gasteiger partial charge in [0.1, 0.15) is 0 Å². The molecule has 0 amide bonds. The van der Waals surface area contributed by atoms with Crippen LogP contribution in [0.2, 0.25) is 0 Å². The number of rotatable bonds is 8. The summed E-state index contributed by atoms with van der Waals surface area (Å²) in [6.07, 6.45) is 3.88. The Balaban J connectivity index is 2.60. The van der Waals surface area contributed by atoms with E-state index in [-0.39, 0.29) is 16.0 Å². The van der Waals surface area contributed by atoms with E-state index in [1.165, 1.54) is 0 Å². The van der Waals surface area contributed by atoms with Crippen LogP contribution in [0.4, 0.5) is 5.69 Å². The predicted octanol–water partition coefficient (Wildman–Crippen LogP) is 4.33. The second-order valence-corrected chi connectivity index (χ2v) is 6.65. The maximum atomic E-state index is 11.0. The average molecular weight is 292 g/mol. The fraction of sp³-hybridized carbons (Fsp3) is 0.647. The molecule has 0 aromatic heterocycles. The molecule has 0 aliphatic rings. The van der Waals surface area contributed by atoms with Gasteiger partial charge in [-0.15, -0.1) is 0 Å². The number of hydrogen-bond donors (Lipinski definition) is 1. The molecule has 0 bridgehead atoms. The Morgan fingerprint density at radius 3 is 2.52 bits per heavy atom. The van der Waals surface area contributed by atoms with Crippen molar-refractivity contribution in [1.82, 2.24) is 5.32 Å². The van der Waals surface area contributed by atoms with Crippen molar-refractivity contribution in [3.63, 3.8) is 0 Å². The van der Waals surface area contributed by atoms with Crippen LogP contribution in [-0.2, 0) is 6.42 Å². The van der Waals surface area contributed by atoms with Crippen LogP contribution in [-0.4, -0.2) is 17.5 Å². The smallest absolute Gasteiger partial charge is 0.272 e. The van der Waals surface area contributed by atoms with E-state index < -0.39 is 0 Å². The molecule has 1 atom stereocenters. The highest BCUT2D eigenvalue weighted by molar-refractivity contribution is 5.39. The van der Waals surface area contributed by atoms with Gasteiger partial charge in [0.25, 0.3) is 5.69 Å². The Morgan fingerprint density at radius 2 is 1.95 bits per heavy atom. The number of benzene rings is 1. The Hall–Kier alpha value is -1.42. The van der Waals surface area contributed by atoms with E-state index in [9.17, 15) is 10.1 Å². The number of nitrogens with zero attached hydrogens (tertiary/aromatic N) is 1. The number of aryl methyl sites for hydroxylation is 1. The fourth-order valence-corrected chi connectivity index (χ4v) is 2.56. The van der Waals surface area contributed by atoms with Gasteiger partial charge in [0.05, 0.1) is 4.92 Å². The summed E-state index contributed by atoms with van der Waals surface area (Å²) >= 11 is 0. The maximum Gasteiger partial charge on any atom is 0.272 e. The molecule has 1 aromatic carbocycles. The molecule has 0 radical (unpaired) electrons. The first kappa shape index (κ1) is 17.6. The first-order valence-electron chi connectivity index (χ1n) is 7.82. The van der Waals surface area contributed by atoms with Gasteiger partial charge in [-0.3, -0.25) is 10.1 Å². The Labute approximate surface area is 128 Å². The standard InChI is InChI=1S/C17H28N2O2/c1-5-13-18-16(17(2,3)4)12-8-10-14-9-6-7-11-15(14)19(20)21/h6-7,9,11,16,18H,5,8,10,12-13H2,1-4H3. The fourth-order valence-electron chi connectivity index (χ4n) is 2.56. The summed E-state index contributed by atoms with van der Waals surface area (Å²) in [5.74, 6) is 0. The van der Waals surface area contributed by atoms with Crippen LogP contribution in [0.5, 0.6) is 0 Å². The van der Waals surface area contributed by atoms with E-state index in [0.717, 1.165) is 37.8 Å². The minimum absolute atomic E-state index is 0.206. The maximum absolute atomic E-state index is 11.0. The molecule has 118 valence electrons. The summed E-state index contributed by atoms with van der Waals surface area (Å²) in [6.45, 7) is 9.91. The zero-order valence-corrected chi connectivity index (χ0v) is 13.7. The Kier molecular flexibility index (Phi) is 6.82. The van der Waals surface area contributed by atoms with E-state index in [1.807, 2.05) is 12.1 Å². The first-order valence-corrected chi connectivity index (χ1v) is 7.82. The lowest BCUT2D eigenvalue weighted by molar-refractivity contribution is -0.385. The first-order chi connectivity index (χ1) is 9.86. The molecule has 0 heterocycles. The molecular formula is C17H28N2O2. The average Bonchev–Trinajstić information content (AvgIpc) is 2.41. The molecular weight excluding hydrogens is 264 g/mol. The summed E-state index contributed by atoms with van der Waals surface area (Å²) in [6, 6.07) is 7.50. The molecule has 4 nitrogen and oxygen atoms in total. The summed E-state index contributed by atoms with van der Waals surface area (Å²) < 4.78 is 0. The largest absolute Gasteiger partial charge is 0.313 e. The van der Waals surface area contributed by atoms with Gasteiger partial charge in [-0.2, -0.15) is 0 Å². The zero-order valence-electron chi connectivity index (χ0n) is 13.7. The van der Waals surface area contributed by atoms with Gasteiger partial charge >= 0.3 is 0 Å². The van der Waals surface area contributed by atoms with Gasteiger partial charge in [0, 0.05) is 17.7 Å². The van der Waals surface area contributed by atoms with E-state index in [1.54, 1.807) is 12.1 Å². The monoisotopic (exact) mass is 292 g/mol. The van der Waals surface area contributed by atoms with Gasteiger partial charge in [0.15, 0.2) is 0 Å². The van der Waals surface area contributed by atoms with Gasteiger partial charge in [0.2, 0.25) is 0 Å². The highest BCUT2D eigenvalue weighted by Crippen LogP contribution is 2.25. The van der Waals surface area contributed by atoms with E-state index in [4.69, 9.17) is 0 Å². The predicted molar refractivity (Wildman–Crippen MR) is 87.6 cm³/mol. The van der Waals surface area contributed by atoms with Crippen LogP contribution >= 0.6 is 0 Å². The SMILES string of the molecule is CCCNC(CCCc1ccccc1[N+](=O)[O-])C(C)(C)C. The third kappa shape index (κ3) is 5.84. The van der Waals surface area contributed by atoms with Crippen molar-refractivity contribution in [1.29, 1.82) is 0 Å². The molecule has 21 heavy (non-hydrogen) atoms. The lowest BCUT2D eigenvalue weighted by Gasteiger charge is -2.32. The quantitative estimate of drug-likeness (QED) is 0.573. The molecule has 1 aromatic rings. The highest BCUT2D eigenvalue weighted by atomic mass is 16.6. The summed E-state index contributed by atoms with van der Waals surface area (Å²) in [4.78, 5) is 10.7. The van der Waals surface area contributed by atoms with Gasteiger partial charge in [-0.05, 0) is 37.6 Å². The van der Waals surface area contributed by atoms with Crippen LogP contribution < -0.4 is 5.32 Å². The molecule has 4 heteroatoms. The van der Waals surface area contributed by atoms with Crippen molar-refractivity contribution in [2.75, 3.05) is 6.54 Å². The number of nitro groups is 1. The topological polar surface area (TPSA) is 55.2 Å². The van der Waals surface area contributed by atoms with Crippen molar-refractivity contribution in [3.05, 3.63) is 39.9 Å². The van der Waals surface area contributed by atoms with E-state index in [0.29, 0.717) is 6.04 Å². The number of nitro benzene ring substituents is 1. The number of hydrogen-bond acceptors (Lipinski definition) is 3. The minimum Gasteiger partial charge on any atom is -0.313 e. The lowest BCUT2D eigenvalue weighted by Crippen LogP contribution is -2.40. The Bertz CT molecular complexity index is 452. The van der Waals surface area contributed by atoms with Crippen molar-refractivity contribution in [2.24, 2.45) is 5.41 Å². The molecule has 0 aliphatic heterocycles. The number of para-hydroxylation sites is 1. The molecule has 1 N–H and O–H groups in total. The number of nitrogens with one attached hydrogen (secondary N) is 1. The Morgan fingerprint density at radius 1 is 1.29 bits per heavy atom. The van der Waals surface area contributed by atoms with Crippen LogP contribution in [0.25, 0.3) is 0 Å². The van der Waals surface area contributed by atoms with Gasteiger partial charge < -0.3 is 5.32 Å². The highest BCUT2D eigenvalue weighted by Gasteiger charge is 2.23. The van der Waals surface area contributed by atoms with Crippen LogP contribution in [0, 0.1) is 15.5 Å². The third-order valence-electron chi connectivity index (χ3n) is 3.81. The van der Waals surface area contributed by atoms with Crippen molar-refractivity contribution in [2.45, 2.75) is 59.4 Å². The van der Waals surface area contributed by atoms with E-state index >= 15 is 0 Å². The molecule has 1 unspecified atom stereocenters. The molecule has 0 aliphatic carbocycles. The minimum atomic E-state index is -0.286. The van der Waals surface area contributed by atoms with Crippen molar-refractivity contribution in [3.8, 4) is 0 Å². The third-order valence-corrected chi connectivity index (χ3v) is 3.81. The van der Waals surface area contributed by atoms with E-state index in [2.05, 4.69) is 33.0 Å².